The van der Waals surface area contributed by atoms with E-state index in [-0.39, 0.29) is 22.7 Å². The highest BCUT2D eigenvalue weighted by Gasteiger charge is 2.54. The van der Waals surface area contributed by atoms with E-state index in [0.29, 0.717) is 18.8 Å². The first-order chi connectivity index (χ1) is 14.0. The molecule has 1 aromatic heterocycles. The number of carbonyl (C=O) groups excluding carboxylic acids is 1. The van der Waals surface area contributed by atoms with Crippen molar-refractivity contribution in [1.82, 2.24) is 15.1 Å². The molecule has 1 aromatic carbocycles. The van der Waals surface area contributed by atoms with Gasteiger partial charge in [-0.2, -0.15) is 5.10 Å². The number of hydrogen-bond donors (Lipinski definition) is 1. The molecule has 4 fully saturated rings. The fraction of sp³-hybridized carbons (Fsp3) is 0.522. The van der Waals surface area contributed by atoms with Gasteiger partial charge in [0.2, 0.25) is 5.91 Å². The first-order valence-electron chi connectivity index (χ1n) is 10.6. The van der Waals surface area contributed by atoms with Gasteiger partial charge >= 0.3 is 0 Å². The summed E-state index contributed by atoms with van der Waals surface area (Å²) in [5, 5.41) is 7.49. The van der Waals surface area contributed by atoms with Gasteiger partial charge in [0.25, 0.3) is 5.56 Å². The van der Waals surface area contributed by atoms with Crippen LogP contribution in [0.4, 0.5) is 4.39 Å². The van der Waals surface area contributed by atoms with E-state index in [0.717, 1.165) is 42.6 Å². The predicted molar refractivity (Wildman–Crippen MR) is 108 cm³/mol. The first kappa shape index (κ1) is 18.5. The lowest BCUT2D eigenvalue weighted by Crippen LogP contribution is -2.54. The molecule has 0 unspecified atom stereocenters. The highest BCUT2D eigenvalue weighted by Crippen LogP contribution is 2.60. The molecule has 1 amide bonds. The highest BCUT2D eigenvalue weighted by atomic mass is 19.1. The average molecular weight is 395 g/mol. The zero-order valence-electron chi connectivity index (χ0n) is 16.4. The maximum atomic E-state index is 13.1. The number of nitrogens with zero attached hydrogens (tertiary/aromatic N) is 2. The zero-order chi connectivity index (χ0) is 20.0. The van der Waals surface area contributed by atoms with Crippen molar-refractivity contribution in [3.8, 4) is 11.3 Å². The highest BCUT2D eigenvalue weighted by molar-refractivity contribution is 5.83. The molecule has 6 rings (SSSR count). The number of carbonyl (C=O) groups is 1. The second-order valence-electron chi connectivity index (χ2n) is 9.24. The summed E-state index contributed by atoms with van der Waals surface area (Å²) in [4.78, 5) is 25.2. The van der Waals surface area contributed by atoms with Crippen LogP contribution in [0.15, 0.2) is 41.2 Å². The topological polar surface area (TPSA) is 64.0 Å². The largest absolute Gasteiger partial charge is 0.354 e. The van der Waals surface area contributed by atoms with E-state index in [9.17, 15) is 14.0 Å². The van der Waals surface area contributed by atoms with Gasteiger partial charge < -0.3 is 5.32 Å². The van der Waals surface area contributed by atoms with Crippen LogP contribution in [0.25, 0.3) is 11.3 Å². The van der Waals surface area contributed by atoms with Gasteiger partial charge in [-0.1, -0.05) is 0 Å². The van der Waals surface area contributed by atoms with E-state index >= 15 is 0 Å². The monoisotopic (exact) mass is 395 g/mol. The fourth-order valence-electron chi connectivity index (χ4n) is 6.24. The first-order valence-corrected chi connectivity index (χ1v) is 10.6. The normalized spacial score (nSPS) is 29.8. The van der Waals surface area contributed by atoms with Crippen molar-refractivity contribution in [1.29, 1.82) is 0 Å². The zero-order valence-corrected chi connectivity index (χ0v) is 16.4. The van der Waals surface area contributed by atoms with Crippen molar-refractivity contribution in [2.75, 3.05) is 6.54 Å². The van der Waals surface area contributed by atoms with Gasteiger partial charge in [0.15, 0.2) is 0 Å². The molecule has 2 aromatic rings. The van der Waals surface area contributed by atoms with Gasteiger partial charge in [-0.15, -0.1) is 0 Å². The third-order valence-electron chi connectivity index (χ3n) is 7.14. The van der Waals surface area contributed by atoms with Crippen LogP contribution >= 0.6 is 0 Å². The molecule has 1 heterocycles. The second kappa shape index (κ2) is 7.08. The van der Waals surface area contributed by atoms with Crippen LogP contribution in [0, 0.1) is 29.0 Å². The van der Waals surface area contributed by atoms with Crippen LogP contribution in [-0.2, 0) is 11.3 Å². The van der Waals surface area contributed by atoms with Gasteiger partial charge in [-0.25, -0.2) is 9.07 Å². The molecule has 4 aliphatic rings. The minimum atomic E-state index is -0.311. The summed E-state index contributed by atoms with van der Waals surface area (Å²) >= 11 is 0. The lowest BCUT2D eigenvalue weighted by molar-refractivity contribution is -0.146. The van der Waals surface area contributed by atoms with Crippen LogP contribution in [0.1, 0.15) is 38.5 Å². The van der Waals surface area contributed by atoms with Crippen LogP contribution in [0.3, 0.4) is 0 Å². The molecule has 0 radical (unpaired) electrons. The SMILES string of the molecule is O=C(NCCn1nc(-c2ccc(F)cc2)ccc1=O)C12CC3CC(CC(C3)C1)C2. The van der Waals surface area contributed by atoms with E-state index < -0.39 is 0 Å². The Morgan fingerprint density at radius 2 is 1.66 bits per heavy atom. The lowest BCUT2D eigenvalue weighted by atomic mass is 9.49. The maximum Gasteiger partial charge on any atom is 0.266 e. The van der Waals surface area contributed by atoms with Crippen molar-refractivity contribution in [3.05, 3.63) is 52.6 Å². The average Bonchev–Trinajstić information content (AvgIpc) is 2.69. The van der Waals surface area contributed by atoms with Gasteiger partial charge in [0.1, 0.15) is 5.82 Å². The van der Waals surface area contributed by atoms with Crippen molar-refractivity contribution in [3.63, 3.8) is 0 Å². The molecule has 0 aliphatic heterocycles. The van der Waals surface area contributed by atoms with E-state index in [1.807, 2.05) is 0 Å². The maximum absolute atomic E-state index is 13.1. The van der Waals surface area contributed by atoms with Crippen molar-refractivity contribution in [2.45, 2.75) is 45.1 Å². The standard InChI is InChI=1S/C23H26FN3O2/c24-19-3-1-18(2-4-19)20-5-6-21(28)27(26-20)8-7-25-22(29)23-12-15-9-16(13-23)11-17(10-15)14-23/h1-6,15-17H,7-14H2,(H,25,29). The Labute approximate surface area is 169 Å². The Morgan fingerprint density at radius 3 is 2.28 bits per heavy atom. The number of amides is 1. The molecule has 4 saturated carbocycles. The summed E-state index contributed by atoms with van der Waals surface area (Å²) in [5.41, 5.74) is 0.970. The molecule has 152 valence electrons. The summed E-state index contributed by atoms with van der Waals surface area (Å²) in [6.07, 6.45) is 7.02. The van der Waals surface area contributed by atoms with E-state index in [4.69, 9.17) is 0 Å². The van der Waals surface area contributed by atoms with Gasteiger partial charge in [0.05, 0.1) is 12.2 Å². The summed E-state index contributed by atoms with van der Waals surface area (Å²) in [6.45, 7) is 0.715. The summed E-state index contributed by atoms with van der Waals surface area (Å²) in [5.74, 6) is 2.03. The Hall–Kier alpha value is -2.50. The van der Waals surface area contributed by atoms with E-state index in [1.54, 1.807) is 18.2 Å². The van der Waals surface area contributed by atoms with Crippen molar-refractivity contribution in [2.24, 2.45) is 23.2 Å². The van der Waals surface area contributed by atoms with Crippen LogP contribution in [0.5, 0.6) is 0 Å². The summed E-state index contributed by atoms with van der Waals surface area (Å²) in [7, 11) is 0. The minimum Gasteiger partial charge on any atom is -0.354 e. The number of hydrogen-bond acceptors (Lipinski definition) is 3. The second-order valence-corrected chi connectivity index (χ2v) is 9.24. The molecule has 1 N–H and O–H groups in total. The lowest BCUT2D eigenvalue weighted by Gasteiger charge is -2.55. The molecule has 0 saturated heterocycles. The Bertz CT molecular complexity index is 947. The third-order valence-corrected chi connectivity index (χ3v) is 7.14. The number of aromatic nitrogens is 2. The Morgan fingerprint density at radius 1 is 1.03 bits per heavy atom. The van der Waals surface area contributed by atoms with Crippen LogP contribution in [0.2, 0.25) is 0 Å². The predicted octanol–water partition coefficient (Wildman–Crippen LogP) is 3.38. The smallest absolute Gasteiger partial charge is 0.266 e. The minimum absolute atomic E-state index is 0.166. The summed E-state index contributed by atoms with van der Waals surface area (Å²) < 4.78 is 14.5. The number of benzene rings is 1. The number of nitrogens with one attached hydrogen (secondary N) is 1. The van der Waals surface area contributed by atoms with E-state index in [1.165, 1.54) is 42.1 Å². The molecule has 0 spiro atoms. The van der Waals surface area contributed by atoms with E-state index in [2.05, 4.69) is 10.4 Å². The Kier molecular flexibility index (Phi) is 4.52. The molecular weight excluding hydrogens is 369 g/mol. The molecule has 0 atom stereocenters. The molecule has 4 aliphatic carbocycles. The molecule has 29 heavy (non-hydrogen) atoms. The molecular formula is C23H26FN3O2. The molecule has 5 nitrogen and oxygen atoms in total. The third kappa shape index (κ3) is 3.49. The van der Waals surface area contributed by atoms with Crippen molar-refractivity contribution >= 4 is 5.91 Å². The van der Waals surface area contributed by atoms with Gasteiger partial charge in [-0.3, -0.25) is 9.59 Å². The number of halogens is 1. The van der Waals surface area contributed by atoms with Gasteiger partial charge in [-0.05, 0) is 86.6 Å². The molecule has 6 heteroatoms. The quantitative estimate of drug-likeness (QED) is 0.844. The number of rotatable bonds is 5. The van der Waals surface area contributed by atoms with Crippen molar-refractivity contribution < 1.29 is 9.18 Å². The van der Waals surface area contributed by atoms with Gasteiger partial charge in [0, 0.05) is 23.6 Å². The van der Waals surface area contributed by atoms with Crippen LogP contribution in [-0.4, -0.2) is 22.2 Å². The van der Waals surface area contributed by atoms with Crippen LogP contribution < -0.4 is 10.9 Å². The summed E-state index contributed by atoms with van der Waals surface area (Å²) in [6, 6.07) is 9.13. The fourth-order valence-corrected chi connectivity index (χ4v) is 6.24. The molecule has 4 bridgehead atoms. The Balaban J connectivity index is 1.25.